The fraction of sp³-hybridized carbons (Fsp3) is 0.636. The Hall–Kier alpha value is -1.46. The summed E-state index contributed by atoms with van der Waals surface area (Å²) in [4.78, 5) is 22.7. The minimum atomic E-state index is -0.0369. The second kappa shape index (κ2) is 7.88. The van der Waals surface area contributed by atoms with Crippen LogP contribution in [-0.2, 0) is 4.79 Å². The van der Waals surface area contributed by atoms with E-state index >= 15 is 0 Å². The molecule has 0 radical (unpaired) electrons. The minimum Gasteiger partial charge on any atom is -0.336 e. The van der Waals surface area contributed by atoms with Gasteiger partial charge in [0.25, 0.3) is 0 Å². The molecule has 0 aliphatic carbocycles. The van der Waals surface area contributed by atoms with Gasteiger partial charge in [0.1, 0.15) is 0 Å². The van der Waals surface area contributed by atoms with Crippen molar-refractivity contribution in [1.82, 2.24) is 14.8 Å². The maximum Gasteiger partial charge on any atom is 0.240 e. The molecule has 146 valence electrons. The van der Waals surface area contributed by atoms with Crippen LogP contribution in [-0.4, -0.2) is 51.9 Å². The maximum absolute atomic E-state index is 13.3. The first kappa shape index (κ1) is 18.9. The lowest BCUT2D eigenvalue weighted by Gasteiger charge is -2.43. The first-order valence-electron chi connectivity index (χ1n) is 10.5. The van der Waals surface area contributed by atoms with E-state index in [0.29, 0.717) is 23.9 Å². The molecular weight excluding hydrogens is 354 g/mol. The number of benzene rings is 1. The van der Waals surface area contributed by atoms with Crippen molar-refractivity contribution < 1.29 is 4.79 Å². The SMILES string of the molecule is C[C@H](C(=O)N1[C@@H](C)CCC[C@@H]1C)N1CCC[C@H](c2nc3ccccc3s2)C1. The summed E-state index contributed by atoms with van der Waals surface area (Å²) in [5.74, 6) is 0.766. The van der Waals surface area contributed by atoms with Gasteiger partial charge in [0.05, 0.1) is 21.3 Å². The first-order valence-corrected chi connectivity index (χ1v) is 11.3. The molecule has 4 rings (SSSR count). The number of piperidine rings is 2. The van der Waals surface area contributed by atoms with E-state index in [1.165, 1.54) is 22.5 Å². The molecule has 2 aliphatic rings. The standard InChI is InChI=1S/C22H31N3OS/c1-15-8-6-9-16(2)25(15)22(26)17(3)24-13-7-10-18(14-24)21-23-19-11-4-5-12-20(19)27-21/h4-5,11-12,15-18H,6-10,13-14H2,1-3H3/t15-,16-,17+,18-/m0/s1. The zero-order valence-electron chi connectivity index (χ0n) is 16.7. The van der Waals surface area contributed by atoms with Crippen molar-refractivity contribution in [3.8, 4) is 0 Å². The number of hydrogen-bond donors (Lipinski definition) is 0. The summed E-state index contributed by atoms with van der Waals surface area (Å²) in [6.45, 7) is 8.49. The van der Waals surface area contributed by atoms with Crippen molar-refractivity contribution in [2.75, 3.05) is 13.1 Å². The summed E-state index contributed by atoms with van der Waals surface area (Å²) >= 11 is 1.82. The number of aromatic nitrogens is 1. The molecule has 0 unspecified atom stereocenters. The second-order valence-electron chi connectivity index (χ2n) is 8.40. The lowest BCUT2D eigenvalue weighted by atomic mass is 9.94. The average molecular weight is 386 g/mol. The summed E-state index contributed by atoms with van der Waals surface area (Å²) < 4.78 is 1.27. The highest BCUT2D eigenvalue weighted by molar-refractivity contribution is 7.18. The molecule has 2 saturated heterocycles. The van der Waals surface area contributed by atoms with Crippen LogP contribution < -0.4 is 0 Å². The van der Waals surface area contributed by atoms with E-state index in [2.05, 4.69) is 54.8 Å². The number of hydrogen-bond acceptors (Lipinski definition) is 4. The van der Waals surface area contributed by atoms with E-state index in [1.54, 1.807) is 0 Å². The number of carbonyl (C=O) groups is 1. The largest absolute Gasteiger partial charge is 0.336 e. The molecule has 3 heterocycles. The molecule has 1 aromatic heterocycles. The van der Waals surface area contributed by atoms with E-state index in [4.69, 9.17) is 4.98 Å². The fourth-order valence-electron chi connectivity index (χ4n) is 4.85. The maximum atomic E-state index is 13.3. The van der Waals surface area contributed by atoms with Gasteiger partial charge in [-0.25, -0.2) is 4.98 Å². The molecule has 2 fully saturated rings. The van der Waals surface area contributed by atoms with Gasteiger partial charge >= 0.3 is 0 Å². The molecule has 0 saturated carbocycles. The second-order valence-corrected chi connectivity index (χ2v) is 9.47. The molecule has 4 atom stereocenters. The lowest BCUT2D eigenvalue weighted by molar-refractivity contribution is -0.143. The predicted octanol–water partition coefficient (Wildman–Crippen LogP) is 4.65. The Kier molecular flexibility index (Phi) is 5.51. The summed E-state index contributed by atoms with van der Waals surface area (Å²) in [5.41, 5.74) is 1.11. The molecule has 27 heavy (non-hydrogen) atoms. The number of thiazole rings is 1. The van der Waals surface area contributed by atoms with Crippen LogP contribution in [0.15, 0.2) is 24.3 Å². The van der Waals surface area contributed by atoms with Crippen LogP contribution in [0.3, 0.4) is 0 Å². The molecule has 4 nitrogen and oxygen atoms in total. The monoisotopic (exact) mass is 385 g/mol. The number of likely N-dealkylation sites (tertiary alicyclic amines) is 2. The molecular formula is C22H31N3OS. The van der Waals surface area contributed by atoms with Crippen LogP contribution in [0.4, 0.5) is 0 Å². The summed E-state index contributed by atoms with van der Waals surface area (Å²) in [6.07, 6.45) is 5.83. The van der Waals surface area contributed by atoms with E-state index in [9.17, 15) is 4.79 Å². The Bertz CT molecular complexity index is 761. The number of amides is 1. The van der Waals surface area contributed by atoms with Crippen LogP contribution >= 0.6 is 11.3 Å². The normalized spacial score (nSPS) is 28.4. The number of para-hydroxylation sites is 1. The molecule has 0 bridgehead atoms. The van der Waals surface area contributed by atoms with Gasteiger partial charge in [-0.15, -0.1) is 11.3 Å². The molecule has 1 amide bonds. The van der Waals surface area contributed by atoms with Gasteiger partial charge in [-0.05, 0) is 71.6 Å². The molecule has 2 aliphatic heterocycles. The Morgan fingerprint density at radius 2 is 1.89 bits per heavy atom. The number of carbonyl (C=O) groups excluding carboxylic acids is 1. The van der Waals surface area contributed by atoms with Crippen molar-refractivity contribution in [1.29, 1.82) is 0 Å². The molecule has 0 N–H and O–H groups in total. The molecule has 0 spiro atoms. The predicted molar refractivity (Wildman–Crippen MR) is 112 cm³/mol. The highest BCUT2D eigenvalue weighted by Crippen LogP contribution is 2.34. The van der Waals surface area contributed by atoms with Crippen molar-refractivity contribution in [3.63, 3.8) is 0 Å². The highest BCUT2D eigenvalue weighted by Gasteiger charge is 2.36. The van der Waals surface area contributed by atoms with Crippen LogP contribution in [0, 0.1) is 0 Å². The summed E-state index contributed by atoms with van der Waals surface area (Å²) in [7, 11) is 0. The van der Waals surface area contributed by atoms with Gasteiger partial charge in [-0.1, -0.05) is 12.1 Å². The van der Waals surface area contributed by atoms with Gasteiger partial charge in [0.2, 0.25) is 5.91 Å². The van der Waals surface area contributed by atoms with Crippen LogP contribution in [0.25, 0.3) is 10.2 Å². The van der Waals surface area contributed by atoms with Crippen LogP contribution in [0.2, 0.25) is 0 Å². The van der Waals surface area contributed by atoms with E-state index in [-0.39, 0.29) is 6.04 Å². The topological polar surface area (TPSA) is 36.4 Å². The Balaban J connectivity index is 1.47. The van der Waals surface area contributed by atoms with Gasteiger partial charge < -0.3 is 4.90 Å². The van der Waals surface area contributed by atoms with Crippen molar-refractivity contribution >= 4 is 27.5 Å². The Labute approximate surface area is 166 Å². The smallest absolute Gasteiger partial charge is 0.240 e. The van der Waals surface area contributed by atoms with Crippen LogP contribution in [0.5, 0.6) is 0 Å². The van der Waals surface area contributed by atoms with Crippen molar-refractivity contribution in [2.45, 2.75) is 76.9 Å². The number of fused-ring (bicyclic) bond motifs is 1. The Morgan fingerprint density at radius 3 is 2.63 bits per heavy atom. The van der Waals surface area contributed by atoms with E-state index < -0.39 is 0 Å². The van der Waals surface area contributed by atoms with Crippen molar-refractivity contribution in [2.24, 2.45) is 0 Å². The quantitative estimate of drug-likeness (QED) is 0.771. The zero-order valence-corrected chi connectivity index (χ0v) is 17.5. The van der Waals surface area contributed by atoms with Gasteiger partial charge in [0, 0.05) is 24.5 Å². The summed E-state index contributed by atoms with van der Waals surface area (Å²) in [5, 5.41) is 1.24. The third-order valence-electron chi connectivity index (χ3n) is 6.47. The van der Waals surface area contributed by atoms with Gasteiger partial charge in [-0.3, -0.25) is 9.69 Å². The lowest BCUT2D eigenvalue weighted by Crippen LogP contribution is -2.56. The fourth-order valence-corrected chi connectivity index (χ4v) is 5.95. The van der Waals surface area contributed by atoms with Crippen LogP contribution in [0.1, 0.15) is 63.8 Å². The summed E-state index contributed by atoms with van der Waals surface area (Å²) in [6, 6.07) is 9.09. The average Bonchev–Trinajstić information content (AvgIpc) is 3.11. The zero-order chi connectivity index (χ0) is 19.0. The molecule has 1 aromatic carbocycles. The van der Waals surface area contributed by atoms with Crippen molar-refractivity contribution in [3.05, 3.63) is 29.3 Å². The van der Waals surface area contributed by atoms with E-state index in [0.717, 1.165) is 37.9 Å². The minimum absolute atomic E-state index is 0.0369. The number of nitrogens with zero attached hydrogens (tertiary/aromatic N) is 3. The van der Waals surface area contributed by atoms with Gasteiger partial charge in [-0.2, -0.15) is 0 Å². The first-order chi connectivity index (χ1) is 13.0. The molecule has 2 aromatic rings. The molecule has 5 heteroatoms. The third-order valence-corrected chi connectivity index (χ3v) is 7.66. The highest BCUT2D eigenvalue weighted by atomic mass is 32.1. The van der Waals surface area contributed by atoms with E-state index in [1.807, 2.05) is 11.3 Å². The Morgan fingerprint density at radius 1 is 1.15 bits per heavy atom. The third kappa shape index (κ3) is 3.77. The van der Waals surface area contributed by atoms with Gasteiger partial charge in [0.15, 0.2) is 0 Å². The number of rotatable bonds is 3.